The topological polar surface area (TPSA) is 119 Å². The van der Waals surface area contributed by atoms with Gasteiger partial charge in [-0.2, -0.15) is 10.2 Å². The lowest BCUT2D eigenvalue weighted by molar-refractivity contribution is -0.119. The minimum absolute atomic E-state index is 0.0627. The van der Waals surface area contributed by atoms with Gasteiger partial charge in [0.15, 0.2) is 12.3 Å². The number of anilines is 1. The Morgan fingerprint density at radius 1 is 1.03 bits per heavy atom. The molecule has 0 radical (unpaired) electrons. The summed E-state index contributed by atoms with van der Waals surface area (Å²) >= 11 is 0. The van der Waals surface area contributed by atoms with E-state index in [1.807, 2.05) is 37.3 Å². The Kier molecular flexibility index (Phi) is 5.31. The molecule has 0 fully saturated rings. The zero-order valence-corrected chi connectivity index (χ0v) is 16.9. The van der Waals surface area contributed by atoms with Gasteiger partial charge in [-0.05, 0) is 32.0 Å². The normalized spacial score (nSPS) is 10.8. The summed E-state index contributed by atoms with van der Waals surface area (Å²) in [6, 6.07) is 16.1. The van der Waals surface area contributed by atoms with Gasteiger partial charge in [0.1, 0.15) is 0 Å². The van der Waals surface area contributed by atoms with Crippen molar-refractivity contribution in [1.29, 1.82) is 0 Å². The van der Waals surface area contributed by atoms with Crippen LogP contribution in [0.4, 0.5) is 5.69 Å². The summed E-state index contributed by atoms with van der Waals surface area (Å²) in [7, 11) is 0. The van der Waals surface area contributed by atoms with Gasteiger partial charge in [0.25, 0.3) is 11.5 Å². The number of rotatable bonds is 5. The van der Waals surface area contributed by atoms with E-state index in [1.54, 1.807) is 35.9 Å². The van der Waals surface area contributed by atoms with Crippen LogP contribution in [0, 0.1) is 13.8 Å². The molecule has 0 unspecified atom stereocenters. The van der Waals surface area contributed by atoms with Crippen LogP contribution >= 0.6 is 0 Å². The highest BCUT2D eigenvalue weighted by molar-refractivity contribution is 6.03. The summed E-state index contributed by atoms with van der Waals surface area (Å²) in [6.45, 7) is 3.11. The number of aromatic amines is 1. The van der Waals surface area contributed by atoms with Crippen LogP contribution in [0.2, 0.25) is 0 Å². The number of carbonyl (C=O) groups is 2. The molecule has 0 aliphatic rings. The molecule has 31 heavy (non-hydrogen) atoms. The van der Waals surface area contributed by atoms with Gasteiger partial charge in [-0.3, -0.25) is 9.59 Å². The second-order valence-corrected chi connectivity index (χ2v) is 6.86. The molecular formula is C22H19N5O4. The molecule has 4 aromatic rings. The number of fused-ring (bicyclic) bond motifs is 1. The van der Waals surface area contributed by atoms with Crippen molar-refractivity contribution in [2.75, 3.05) is 11.9 Å². The molecule has 0 aliphatic heterocycles. The average Bonchev–Trinajstić information content (AvgIpc) is 3.07. The summed E-state index contributed by atoms with van der Waals surface area (Å²) in [5.41, 5.74) is 2.33. The van der Waals surface area contributed by atoms with Crippen molar-refractivity contribution in [1.82, 2.24) is 20.0 Å². The fraction of sp³-hybridized carbons (Fsp3) is 0.136. The average molecular weight is 417 g/mol. The Bertz CT molecular complexity index is 1340. The number of benzene rings is 2. The van der Waals surface area contributed by atoms with E-state index in [1.165, 1.54) is 0 Å². The molecule has 0 atom stereocenters. The minimum atomic E-state index is -0.809. The van der Waals surface area contributed by atoms with Crippen molar-refractivity contribution in [2.45, 2.75) is 13.8 Å². The van der Waals surface area contributed by atoms with Gasteiger partial charge in [-0.15, -0.1) is 0 Å². The molecule has 9 heteroatoms. The second-order valence-electron chi connectivity index (χ2n) is 6.86. The highest BCUT2D eigenvalue weighted by Gasteiger charge is 2.19. The molecule has 0 bridgehead atoms. The number of H-pyrrole nitrogens is 1. The molecule has 9 nitrogen and oxygen atoms in total. The standard InChI is InChI=1S/C22H19N5O4/c1-13-19(14(2)27(26-13)15-8-4-3-5-9-15)23-18(28)12-31-22(30)20-16-10-6-7-11-17(16)21(29)25-24-20/h3-11H,12H2,1-2H3,(H,23,28)(H,25,29). The van der Waals surface area contributed by atoms with E-state index < -0.39 is 24.0 Å². The summed E-state index contributed by atoms with van der Waals surface area (Å²) in [5.74, 6) is -1.32. The van der Waals surface area contributed by atoms with Crippen LogP contribution in [0.3, 0.4) is 0 Å². The van der Waals surface area contributed by atoms with Crippen LogP contribution in [0.15, 0.2) is 59.4 Å². The lowest BCUT2D eigenvalue weighted by Gasteiger charge is -2.08. The predicted octanol–water partition coefficient (Wildman–Crippen LogP) is 2.52. The zero-order chi connectivity index (χ0) is 22.0. The number of hydrogen-bond donors (Lipinski definition) is 2. The maximum atomic E-state index is 12.4. The van der Waals surface area contributed by atoms with Crippen LogP contribution in [0.5, 0.6) is 0 Å². The number of aryl methyl sites for hydroxylation is 1. The van der Waals surface area contributed by atoms with Crippen molar-refractivity contribution in [3.8, 4) is 5.69 Å². The minimum Gasteiger partial charge on any atom is -0.451 e. The monoisotopic (exact) mass is 417 g/mol. The maximum absolute atomic E-state index is 12.4. The first-order valence-electron chi connectivity index (χ1n) is 9.51. The van der Waals surface area contributed by atoms with Crippen molar-refractivity contribution < 1.29 is 14.3 Å². The van der Waals surface area contributed by atoms with E-state index in [-0.39, 0.29) is 5.69 Å². The van der Waals surface area contributed by atoms with Gasteiger partial charge in [-0.25, -0.2) is 14.6 Å². The molecule has 0 aliphatic carbocycles. The summed E-state index contributed by atoms with van der Waals surface area (Å²) in [6.07, 6.45) is 0. The van der Waals surface area contributed by atoms with Crippen LogP contribution in [0.1, 0.15) is 21.9 Å². The van der Waals surface area contributed by atoms with Crippen molar-refractivity contribution >= 4 is 28.3 Å². The number of para-hydroxylation sites is 1. The third kappa shape index (κ3) is 3.93. The van der Waals surface area contributed by atoms with Crippen molar-refractivity contribution in [3.05, 3.63) is 82.0 Å². The fourth-order valence-electron chi connectivity index (χ4n) is 3.29. The molecule has 2 heterocycles. The number of esters is 1. The number of carbonyl (C=O) groups excluding carboxylic acids is 2. The summed E-state index contributed by atoms with van der Waals surface area (Å²) in [5, 5.41) is 13.9. The molecule has 1 amide bonds. The van der Waals surface area contributed by atoms with Crippen LogP contribution in [-0.4, -0.2) is 38.5 Å². The molecular weight excluding hydrogens is 398 g/mol. The molecule has 2 aromatic heterocycles. The van der Waals surface area contributed by atoms with Crippen LogP contribution in [-0.2, 0) is 9.53 Å². The highest BCUT2D eigenvalue weighted by atomic mass is 16.5. The van der Waals surface area contributed by atoms with Gasteiger partial charge >= 0.3 is 5.97 Å². The number of ether oxygens (including phenoxy) is 1. The Balaban J connectivity index is 1.47. The fourth-order valence-corrected chi connectivity index (χ4v) is 3.29. The van der Waals surface area contributed by atoms with Gasteiger partial charge in [0.05, 0.1) is 28.1 Å². The predicted molar refractivity (Wildman–Crippen MR) is 114 cm³/mol. The first-order valence-corrected chi connectivity index (χ1v) is 9.51. The third-order valence-corrected chi connectivity index (χ3v) is 4.78. The number of nitrogens with one attached hydrogen (secondary N) is 2. The zero-order valence-electron chi connectivity index (χ0n) is 16.9. The van der Waals surface area contributed by atoms with E-state index in [2.05, 4.69) is 20.6 Å². The van der Waals surface area contributed by atoms with Crippen molar-refractivity contribution in [2.24, 2.45) is 0 Å². The smallest absolute Gasteiger partial charge is 0.359 e. The van der Waals surface area contributed by atoms with E-state index in [9.17, 15) is 14.4 Å². The van der Waals surface area contributed by atoms with Crippen LogP contribution < -0.4 is 10.9 Å². The molecule has 0 saturated heterocycles. The van der Waals surface area contributed by atoms with E-state index in [4.69, 9.17) is 4.74 Å². The van der Waals surface area contributed by atoms with E-state index in [0.29, 0.717) is 22.2 Å². The molecule has 2 N–H and O–H groups in total. The largest absolute Gasteiger partial charge is 0.451 e. The van der Waals surface area contributed by atoms with Gasteiger partial charge in [-0.1, -0.05) is 36.4 Å². The van der Waals surface area contributed by atoms with E-state index >= 15 is 0 Å². The van der Waals surface area contributed by atoms with Crippen molar-refractivity contribution in [3.63, 3.8) is 0 Å². The summed E-state index contributed by atoms with van der Waals surface area (Å²) in [4.78, 5) is 36.7. The highest BCUT2D eigenvalue weighted by Crippen LogP contribution is 2.22. The van der Waals surface area contributed by atoms with Crippen LogP contribution in [0.25, 0.3) is 16.5 Å². The number of amides is 1. The first-order chi connectivity index (χ1) is 15.0. The first kappa shape index (κ1) is 20.0. The molecule has 0 spiro atoms. The molecule has 4 rings (SSSR count). The Hall–Kier alpha value is -4.27. The third-order valence-electron chi connectivity index (χ3n) is 4.78. The van der Waals surface area contributed by atoms with Gasteiger partial charge in [0, 0.05) is 5.39 Å². The maximum Gasteiger partial charge on any atom is 0.359 e. The molecule has 156 valence electrons. The Morgan fingerprint density at radius 3 is 2.45 bits per heavy atom. The lowest BCUT2D eigenvalue weighted by Crippen LogP contribution is -2.23. The lowest BCUT2D eigenvalue weighted by atomic mass is 10.1. The number of nitrogens with zero attached hydrogens (tertiary/aromatic N) is 3. The van der Waals surface area contributed by atoms with E-state index in [0.717, 1.165) is 11.4 Å². The molecule has 0 saturated carbocycles. The quantitative estimate of drug-likeness (QED) is 0.482. The Labute approximate surface area is 176 Å². The van der Waals surface area contributed by atoms with Gasteiger partial charge < -0.3 is 10.1 Å². The SMILES string of the molecule is Cc1nn(-c2ccccc2)c(C)c1NC(=O)COC(=O)c1n[nH]c(=O)c2ccccc12. The second kappa shape index (κ2) is 8.23. The number of hydrogen-bond acceptors (Lipinski definition) is 6. The number of aromatic nitrogens is 4. The summed E-state index contributed by atoms with van der Waals surface area (Å²) < 4.78 is 6.85. The van der Waals surface area contributed by atoms with Gasteiger partial charge in [0.2, 0.25) is 0 Å². The Morgan fingerprint density at radius 2 is 1.71 bits per heavy atom. The molecule has 2 aromatic carbocycles.